The third kappa shape index (κ3) is 4.85. The summed E-state index contributed by atoms with van der Waals surface area (Å²) in [5.41, 5.74) is 2.29. The van der Waals surface area contributed by atoms with Crippen LogP contribution in [-0.4, -0.2) is 58.7 Å². The van der Waals surface area contributed by atoms with Crippen molar-refractivity contribution in [3.05, 3.63) is 71.3 Å². The van der Waals surface area contributed by atoms with Crippen molar-refractivity contribution in [2.75, 3.05) is 20.3 Å². The smallest absolute Gasteiger partial charge is 0.311 e. The van der Waals surface area contributed by atoms with Crippen molar-refractivity contribution in [1.29, 1.82) is 0 Å². The fourth-order valence-electron chi connectivity index (χ4n) is 4.65. The molecule has 0 aromatic heterocycles. The number of ether oxygens (including phenoxy) is 3. The van der Waals surface area contributed by atoms with E-state index < -0.39 is 23.7 Å². The molecule has 4 atom stereocenters. The van der Waals surface area contributed by atoms with Crippen LogP contribution < -0.4 is 0 Å². The van der Waals surface area contributed by atoms with Gasteiger partial charge in [-0.25, -0.2) is 0 Å². The van der Waals surface area contributed by atoms with Gasteiger partial charge in [-0.1, -0.05) is 30.3 Å². The lowest BCUT2D eigenvalue weighted by atomic mass is 9.84. The maximum atomic E-state index is 13.4. The standard InChI is InChI=1S/C27H33BrN3O5/c1-17-16-31(28)13-12-20-22(25(31)29-17)30(18(2)32)21(19-10-8-7-9-11-19)24(23(20)35-15-14-34-6)36-26(33)27(3,4)5/h7-13,16,21,23-24H,14-15H2,1-6H3/q+1/t21-,23-,24-,31?/m1/s1. The minimum absolute atomic E-state index is 0.153. The molecule has 9 heteroatoms. The van der Waals surface area contributed by atoms with E-state index in [1.54, 1.807) is 12.0 Å². The summed E-state index contributed by atoms with van der Waals surface area (Å²) in [6.07, 6.45) is 4.37. The van der Waals surface area contributed by atoms with Crippen molar-refractivity contribution in [2.45, 2.75) is 52.9 Å². The molecule has 3 aliphatic heterocycles. The molecule has 192 valence electrons. The van der Waals surface area contributed by atoms with Crippen LogP contribution in [0.15, 0.2) is 70.8 Å². The van der Waals surface area contributed by atoms with Gasteiger partial charge in [0.2, 0.25) is 22.1 Å². The Hall–Kier alpha value is -2.59. The lowest BCUT2D eigenvalue weighted by molar-refractivity contribution is -0.548. The zero-order valence-corrected chi connectivity index (χ0v) is 23.1. The minimum atomic E-state index is -0.797. The predicted octanol–water partition coefficient (Wildman–Crippen LogP) is 4.76. The Labute approximate surface area is 220 Å². The molecule has 1 amide bonds. The Morgan fingerprint density at radius 2 is 1.86 bits per heavy atom. The number of benzene rings is 1. The number of rotatable bonds is 6. The van der Waals surface area contributed by atoms with Gasteiger partial charge in [-0.2, -0.15) is 8.50 Å². The Balaban J connectivity index is 1.95. The molecule has 1 aromatic rings. The maximum Gasteiger partial charge on any atom is 0.311 e. The molecular formula is C27H33BrN3O5+. The highest BCUT2D eigenvalue weighted by Gasteiger charge is 2.55. The fourth-order valence-corrected chi connectivity index (χ4v) is 5.31. The monoisotopic (exact) mass is 558 g/mol. The average Bonchev–Trinajstić information content (AvgIpc) is 3.13. The first-order valence-corrected chi connectivity index (χ1v) is 12.7. The second-order valence-electron chi connectivity index (χ2n) is 10.2. The van der Waals surface area contributed by atoms with Crippen molar-refractivity contribution in [1.82, 2.24) is 4.90 Å². The van der Waals surface area contributed by atoms with Crippen LogP contribution in [0.1, 0.15) is 46.2 Å². The van der Waals surface area contributed by atoms with Gasteiger partial charge in [0, 0.05) is 25.7 Å². The van der Waals surface area contributed by atoms with E-state index in [2.05, 4.69) is 16.1 Å². The molecule has 0 radical (unpaired) electrons. The highest BCUT2D eigenvalue weighted by Crippen LogP contribution is 2.47. The number of aliphatic imine (C=N–C) groups is 1. The number of carbonyl (C=O) groups excluding carboxylic acids is 2. The highest BCUT2D eigenvalue weighted by molar-refractivity contribution is 9.05. The van der Waals surface area contributed by atoms with Crippen molar-refractivity contribution in [2.24, 2.45) is 10.4 Å². The van der Waals surface area contributed by atoms with Crippen LogP contribution >= 0.6 is 16.1 Å². The molecule has 0 saturated heterocycles. The number of amidine groups is 1. The Bertz CT molecular complexity index is 1170. The van der Waals surface area contributed by atoms with Gasteiger partial charge >= 0.3 is 5.97 Å². The number of hydrogen-bond acceptors (Lipinski definition) is 6. The average molecular weight is 559 g/mol. The summed E-state index contributed by atoms with van der Waals surface area (Å²) in [7, 11) is 1.61. The van der Waals surface area contributed by atoms with Gasteiger partial charge in [0.1, 0.15) is 30.2 Å². The molecule has 0 fully saturated rings. The summed E-state index contributed by atoms with van der Waals surface area (Å²) < 4.78 is 18.0. The lowest BCUT2D eigenvalue weighted by Crippen LogP contribution is -2.57. The number of carbonyl (C=O) groups is 2. The van der Waals surface area contributed by atoms with Crippen LogP contribution in [0.25, 0.3) is 0 Å². The Morgan fingerprint density at radius 1 is 1.17 bits per heavy atom. The normalized spacial score (nSPS) is 27.3. The molecule has 8 nitrogen and oxygen atoms in total. The van der Waals surface area contributed by atoms with Gasteiger partial charge in [0.25, 0.3) is 5.84 Å². The second kappa shape index (κ2) is 10.0. The van der Waals surface area contributed by atoms with Crippen molar-refractivity contribution in [3.63, 3.8) is 0 Å². The summed E-state index contributed by atoms with van der Waals surface area (Å²) in [4.78, 5) is 33.1. The minimum Gasteiger partial charge on any atom is -0.456 e. The first kappa shape index (κ1) is 26.5. The first-order valence-electron chi connectivity index (χ1n) is 11.9. The number of nitrogens with zero attached hydrogens (tertiary/aromatic N) is 3. The first-order chi connectivity index (χ1) is 17.0. The van der Waals surface area contributed by atoms with Gasteiger partial charge in [-0.15, -0.1) is 0 Å². The zero-order valence-electron chi connectivity index (χ0n) is 21.5. The van der Waals surface area contributed by atoms with E-state index in [9.17, 15) is 9.59 Å². The number of amides is 1. The maximum absolute atomic E-state index is 13.4. The van der Waals surface area contributed by atoms with Crippen molar-refractivity contribution < 1.29 is 27.3 Å². The van der Waals surface area contributed by atoms with E-state index in [0.717, 1.165) is 16.8 Å². The molecule has 0 bridgehead atoms. The number of quaternary nitrogens is 1. The molecule has 0 N–H and O–H groups in total. The van der Waals surface area contributed by atoms with Crippen LogP contribution in [0.3, 0.4) is 0 Å². The number of methoxy groups -OCH3 is 1. The van der Waals surface area contributed by atoms with Gasteiger partial charge < -0.3 is 14.2 Å². The third-order valence-electron chi connectivity index (χ3n) is 6.29. The quantitative estimate of drug-likeness (QED) is 0.286. The molecule has 0 spiro atoms. The highest BCUT2D eigenvalue weighted by atomic mass is 79.9. The van der Waals surface area contributed by atoms with Gasteiger partial charge in [0.05, 0.1) is 24.3 Å². The Morgan fingerprint density at radius 3 is 2.47 bits per heavy atom. The lowest BCUT2D eigenvalue weighted by Gasteiger charge is -2.47. The molecule has 3 aliphatic rings. The molecular weight excluding hydrogens is 526 g/mol. The van der Waals surface area contributed by atoms with Crippen LogP contribution in [0.2, 0.25) is 0 Å². The van der Waals surface area contributed by atoms with E-state index in [0.29, 0.717) is 18.1 Å². The van der Waals surface area contributed by atoms with E-state index >= 15 is 0 Å². The fraction of sp³-hybridized carbons (Fsp3) is 0.444. The van der Waals surface area contributed by atoms with Crippen LogP contribution in [0.4, 0.5) is 0 Å². The molecule has 1 aromatic carbocycles. The van der Waals surface area contributed by atoms with Crippen molar-refractivity contribution >= 4 is 33.9 Å². The molecule has 4 rings (SSSR count). The van der Waals surface area contributed by atoms with E-state index in [-0.39, 0.29) is 22.0 Å². The molecule has 0 saturated carbocycles. The number of esters is 1. The number of allylic oxidation sites excluding steroid dienone is 1. The van der Waals surface area contributed by atoms with Crippen LogP contribution in [0, 0.1) is 5.41 Å². The molecule has 0 aliphatic carbocycles. The summed E-state index contributed by atoms with van der Waals surface area (Å²) in [6, 6.07) is 8.97. The molecule has 3 heterocycles. The van der Waals surface area contributed by atoms with Crippen molar-refractivity contribution in [3.8, 4) is 0 Å². The van der Waals surface area contributed by atoms with E-state index in [1.807, 2.05) is 76.5 Å². The number of hydrogen-bond donors (Lipinski definition) is 0. The van der Waals surface area contributed by atoms with Crippen LogP contribution in [0.5, 0.6) is 0 Å². The topological polar surface area (TPSA) is 77.4 Å². The van der Waals surface area contributed by atoms with Gasteiger partial charge in [-0.3, -0.25) is 14.5 Å². The van der Waals surface area contributed by atoms with E-state index in [1.165, 1.54) is 6.92 Å². The SMILES string of the molecule is COCCO[C@@H]1C2=C(C3=NC(C)=C[N+]3(Br)C=C2)N(C(C)=O)[C@H](c2ccccc2)[C@H]1OC(=O)C(C)(C)C. The van der Waals surface area contributed by atoms with Gasteiger partial charge in [0.15, 0.2) is 6.10 Å². The van der Waals surface area contributed by atoms with Gasteiger partial charge in [-0.05, 0) is 33.3 Å². The summed E-state index contributed by atoms with van der Waals surface area (Å²) in [5, 5.41) is 0. The van der Waals surface area contributed by atoms with Crippen LogP contribution in [-0.2, 0) is 23.8 Å². The molecule has 36 heavy (non-hydrogen) atoms. The second-order valence-corrected chi connectivity index (χ2v) is 11.3. The summed E-state index contributed by atoms with van der Waals surface area (Å²) in [6.45, 7) is 9.52. The Kier molecular flexibility index (Phi) is 7.39. The predicted molar refractivity (Wildman–Crippen MR) is 139 cm³/mol. The molecule has 1 unspecified atom stereocenters. The number of fused-ring (bicyclic) bond motifs is 2. The largest absolute Gasteiger partial charge is 0.456 e. The zero-order chi connectivity index (χ0) is 26.3. The summed E-state index contributed by atoms with van der Waals surface area (Å²) in [5.74, 6) is 0.0922. The van der Waals surface area contributed by atoms with E-state index in [4.69, 9.17) is 19.2 Å². The number of halogens is 1. The third-order valence-corrected chi connectivity index (χ3v) is 7.07. The summed E-state index contributed by atoms with van der Waals surface area (Å²) >= 11 is 3.77.